The van der Waals surface area contributed by atoms with Gasteiger partial charge in [0.2, 0.25) is 0 Å². The van der Waals surface area contributed by atoms with E-state index in [2.05, 4.69) is 27.7 Å². The lowest BCUT2D eigenvalue weighted by molar-refractivity contribution is 0.401. The zero-order chi connectivity index (χ0) is 10.6. The Morgan fingerprint density at radius 2 is 1.93 bits per heavy atom. The van der Waals surface area contributed by atoms with Crippen LogP contribution in [0, 0.1) is 0 Å². The van der Waals surface area contributed by atoms with Gasteiger partial charge < -0.3 is 9.80 Å². The number of aromatic nitrogens is 2. The van der Waals surface area contributed by atoms with Gasteiger partial charge in [0.25, 0.3) is 0 Å². The second-order valence-corrected chi connectivity index (χ2v) is 4.34. The van der Waals surface area contributed by atoms with Crippen LogP contribution in [-0.4, -0.2) is 47.9 Å². The van der Waals surface area contributed by atoms with E-state index in [0.29, 0.717) is 5.15 Å². The van der Waals surface area contributed by atoms with E-state index in [1.54, 1.807) is 0 Å². The average Bonchev–Trinajstić information content (AvgIpc) is 2.50. The summed E-state index contributed by atoms with van der Waals surface area (Å²) in [4.78, 5) is 4.20. The van der Waals surface area contributed by atoms with Crippen molar-refractivity contribution < 1.29 is 0 Å². The van der Waals surface area contributed by atoms with Gasteiger partial charge in [0.15, 0.2) is 11.0 Å². The topological polar surface area (TPSA) is 32.3 Å². The van der Waals surface area contributed by atoms with Crippen molar-refractivity contribution >= 4 is 29.1 Å². The third kappa shape index (κ3) is 3.40. The van der Waals surface area contributed by atoms with Gasteiger partial charge in [0.1, 0.15) is 0 Å². The summed E-state index contributed by atoms with van der Waals surface area (Å²) in [6.07, 6.45) is 1.09. The van der Waals surface area contributed by atoms with Gasteiger partial charge in [-0.2, -0.15) is 8.75 Å². The maximum absolute atomic E-state index is 5.86. The minimum absolute atomic E-state index is 0.502. The molecule has 0 aliphatic rings. The second kappa shape index (κ2) is 5.48. The first-order valence-corrected chi connectivity index (χ1v) is 5.56. The molecule has 80 valence electrons. The molecule has 0 N–H and O–H groups in total. The molecule has 0 saturated heterocycles. The molecular formula is C8H15ClN4S. The van der Waals surface area contributed by atoms with Crippen LogP contribution in [-0.2, 0) is 0 Å². The van der Waals surface area contributed by atoms with E-state index in [4.69, 9.17) is 11.6 Å². The zero-order valence-corrected chi connectivity index (χ0v) is 10.3. The molecule has 0 saturated carbocycles. The first kappa shape index (κ1) is 11.7. The summed E-state index contributed by atoms with van der Waals surface area (Å²) < 4.78 is 8.05. The zero-order valence-electron chi connectivity index (χ0n) is 8.70. The lowest BCUT2D eigenvalue weighted by atomic mass is 10.4. The molecule has 6 heteroatoms. The van der Waals surface area contributed by atoms with E-state index in [9.17, 15) is 0 Å². The van der Waals surface area contributed by atoms with E-state index in [1.807, 2.05) is 11.9 Å². The van der Waals surface area contributed by atoms with Gasteiger partial charge in [-0.1, -0.05) is 11.6 Å². The lowest BCUT2D eigenvalue weighted by Crippen LogP contribution is -2.23. The van der Waals surface area contributed by atoms with Crippen molar-refractivity contribution in [3.63, 3.8) is 0 Å². The summed E-state index contributed by atoms with van der Waals surface area (Å²) >= 11 is 7.01. The summed E-state index contributed by atoms with van der Waals surface area (Å²) in [6.45, 7) is 2.02. The summed E-state index contributed by atoms with van der Waals surface area (Å²) in [5, 5.41) is 0.502. The van der Waals surface area contributed by atoms with E-state index < -0.39 is 0 Å². The van der Waals surface area contributed by atoms with Crippen molar-refractivity contribution in [1.29, 1.82) is 0 Å². The number of halogens is 1. The molecule has 14 heavy (non-hydrogen) atoms. The van der Waals surface area contributed by atoms with Crippen molar-refractivity contribution in [2.45, 2.75) is 6.42 Å². The highest BCUT2D eigenvalue weighted by molar-refractivity contribution is 6.99. The van der Waals surface area contributed by atoms with Crippen LogP contribution in [0.15, 0.2) is 0 Å². The molecule has 0 amide bonds. The van der Waals surface area contributed by atoms with Crippen LogP contribution in [0.1, 0.15) is 6.42 Å². The molecule has 0 aromatic carbocycles. The molecule has 1 heterocycles. The first-order chi connectivity index (χ1) is 6.61. The summed E-state index contributed by atoms with van der Waals surface area (Å²) in [5.41, 5.74) is 0. The van der Waals surface area contributed by atoms with Crippen LogP contribution in [0.5, 0.6) is 0 Å². The standard InChI is InChI=1S/C8H15ClN4S/c1-12(2)5-4-6-13(3)8-7(9)10-14-11-8/h4-6H2,1-3H3. The Kier molecular flexibility index (Phi) is 4.57. The van der Waals surface area contributed by atoms with Gasteiger partial charge in [0, 0.05) is 13.6 Å². The van der Waals surface area contributed by atoms with Gasteiger partial charge in [-0.15, -0.1) is 0 Å². The maximum Gasteiger partial charge on any atom is 0.187 e. The Morgan fingerprint density at radius 1 is 1.21 bits per heavy atom. The summed E-state index contributed by atoms with van der Waals surface area (Å²) in [7, 11) is 6.12. The third-order valence-electron chi connectivity index (χ3n) is 1.89. The van der Waals surface area contributed by atoms with Gasteiger partial charge in [-0.3, -0.25) is 0 Å². The Labute approximate surface area is 93.8 Å². The molecule has 0 unspecified atom stereocenters. The van der Waals surface area contributed by atoms with E-state index in [1.165, 1.54) is 0 Å². The number of anilines is 1. The Morgan fingerprint density at radius 3 is 2.43 bits per heavy atom. The molecular weight excluding hydrogens is 220 g/mol. The maximum atomic E-state index is 5.86. The number of hydrogen-bond donors (Lipinski definition) is 0. The minimum Gasteiger partial charge on any atom is -0.356 e. The van der Waals surface area contributed by atoms with E-state index in [0.717, 1.165) is 37.1 Å². The molecule has 0 aliphatic carbocycles. The number of rotatable bonds is 5. The van der Waals surface area contributed by atoms with Crippen LogP contribution in [0.4, 0.5) is 5.82 Å². The second-order valence-electron chi connectivity index (χ2n) is 3.46. The summed E-state index contributed by atoms with van der Waals surface area (Å²) in [5.74, 6) is 0.787. The Hall–Kier alpha value is -0.390. The van der Waals surface area contributed by atoms with Crippen LogP contribution in [0.2, 0.25) is 5.15 Å². The fraction of sp³-hybridized carbons (Fsp3) is 0.750. The van der Waals surface area contributed by atoms with Gasteiger partial charge >= 0.3 is 0 Å². The van der Waals surface area contributed by atoms with Gasteiger partial charge in [-0.25, -0.2) is 0 Å². The SMILES string of the molecule is CN(C)CCCN(C)c1nsnc1Cl. The first-order valence-electron chi connectivity index (χ1n) is 4.45. The highest BCUT2D eigenvalue weighted by Gasteiger charge is 2.09. The largest absolute Gasteiger partial charge is 0.356 e. The van der Waals surface area contributed by atoms with Crippen molar-refractivity contribution in [3.05, 3.63) is 5.15 Å². The van der Waals surface area contributed by atoms with Crippen molar-refractivity contribution in [2.24, 2.45) is 0 Å². The van der Waals surface area contributed by atoms with Crippen LogP contribution in [0.3, 0.4) is 0 Å². The highest BCUT2D eigenvalue weighted by atomic mass is 35.5. The Balaban J connectivity index is 2.36. The fourth-order valence-corrected chi connectivity index (χ4v) is 1.96. The third-order valence-corrected chi connectivity index (χ3v) is 2.77. The normalized spacial score (nSPS) is 10.9. The van der Waals surface area contributed by atoms with Gasteiger partial charge in [-0.05, 0) is 27.1 Å². The van der Waals surface area contributed by atoms with E-state index >= 15 is 0 Å². The molecule has 1 rings (SSSR count). The van der Waals surface area contributed by atoms with Crippen LogP contribution < -0.4 is 4.90 Å². The molecule has 0 fully saturated rings. The average molecular weight is 235 g/mol. The minimum atomic E-state index is 0.502. The predicted molar refractivity (Wildman–Crippen MR) is 61.4 cm³/mol. The molecule has 0 bridgehead atoms. The van der Waals surface area contributed by atoms with Crippen LogP contribution >= 0.6 is 23.3 Å². The molecule has 4 nitrogen and oxygen atoms in total. The van der Waals surface area contributed by atoms with Crippen molar-refractivity contribution in [1.82, 2.24) is 13.6 Å². The van der Waals surface area contributed by atoms with Crippen molar-refractivity contribution in [2.75, 3.05) is 39.1 Å². The smallest absolute Gasteiger partial charge is 0.187 e. The lowest BCUT2D eigenvalue weighted by Gasteiger charge is -2.17. The molecule has 0 radical (unpaired) electrons. The number of hydrogen-bond acceptors (Lipinski definition) is 5. The number of nitrogens with zero attached hydrogens (tertiary/aromatic N) is 4. The quantitative estimate of drug-likeness (QED) is 0.775. The molecule has 0 aliphatic heterocycles. The molecule has 1 aromatic heterocycles. The van der Waals surface area contributed by atoms with Crippen LogP contribution in [0.25, 0.3) is 0 Å². The monoisotopic (exact) mass is 234 g/mol. The molecule has 0 atom stereocenters. The Bertz CT molecular complexity index is 276. The fourth-order valence-electron chi connectivity index (χ4n) is 1.13. The van der Waals surface area contributed by atoms with Gasteiger partial charge in [0.05, 0.1) is 11.7 Å². The highest BCUT2D eigenvalue weighted by Crippen LogP contribution is 2.21. The molecule has 0 spiro atoms. The predicted octanol–water partition coefficient (Wildman–Crippen LogP) is 1.58. The summed E-state index contributed by atoms with van der Waals surface area (Å²) in [6, 6.07) is 0. The van der Waals surface area contributed by atoms with E-state index in [-0.39, 0.29) is 0 Å². The molecule has 1 aromatic rings. The van der Waals surface area contributed by atoms with Crippen molar-refractivity contribution in [3.8, 4) is 0 Å².